The van der Waals surface area contributed by atoms with E-state index in [-0.39, 0.29) is 6.42 Å². The molecule has 4 heteroatoms. The van der Waals surface area contributed by atoms with Gasteiger partial charge in [-0.1, -0.05) is 12.1 Å². The van der Waals surface area contributed by atoms with E-state index in [2.05, 4.69) is 9.97 Å². The molecule has 16 heavy (non-hydrogen) atoms. The number of rotatable bonds is 3. The van der Waals surface area contributed by atoms with Gasteiger partial charge < -0.3 is 5.11 Å². The molecule has 0 bridgehead atoms. The van der Waals surface area contributed by atoms with Crippen molar-refractivity contribution in [1.29, 1.82) is 0 Å². The highest BCUT2D eigenvalue weighted by atomic mass is 16.4. The molecular formula is C12H10N2O2. The number of pyridine rings is 2. The number of carbonyl (C=O) groups is 1. The van der Waals surface area contributed by atoms with Gasteiger partial charge in [0.1, 0.15) is 0 Å². The van der Waals surface area contributed by atoms with E-state index in [1.807, 2.05) is 18.2 Å². The van der Waals surface area contributed by atoms with Crippen LogP contribution in [-0.2, 0) is 11.2 Å². The number of carboxylic acid groups (broad SMARTS) is 1. The number of aliphatic carboxylic acids is 1. The third-order valence-corrected chi connectivity index (χ3v) is 2.14. The maximum Gasteiger partial charge on any atom is 0.307 e. The van der Waals surface area contributed by atoms with Crippen LogP contribution >= 0.6 is 0 Å². The van der Waals surface area contributed by atoms with Crippen molar-refractivity contribution in [1.82, 2.24) is 9.97 Å². The molecule has 0 saturated carbocycles. The van der Waals surface area contributed by atoms with E-state index < -0.39 is 5.97 Å². The monoisotopic (exact) mass is 214 g/mol. The van der Waals surface area contributed by atoms with Crippen molar-refractivity contribution in [3.05, 3.63) is 48.3 Å². The number of aromatic nitrogens is 2. The molecule has 4 nitrogen and oxygen atoms in total. The Labute approximate surface area is 92.6 Å². The van der Waals surface area contributed by atoms with Crippen molar-refractivity contribution >= 4 is 5.97 Å². The summed E-state index contributed by atoms with van der Waals surface area (Å²) in [5, 5.41) is 8.79. The van der Waals surface area contributed by atoms with Crippen LogP contribution in [-0.4, -0.2) is 21.0 Å². The van der Waals surface area contributed by atoms with E-state index in [4.69, 9.17) is 5.11 Å². The van der Waals surface area contributed by atoms with Gasteiger partial charge >= 0.3 is 5.97 Å². The highest BCUT2D eigenvalue weighted by Gasteiger charge is 2.09. The second kappa shape index (κ2) is 4.53. The van der Waals surface area contributed by atoms with Crippen LogP contribution in [0.15, 0.2) is 42.7 Å². The zero-order valence-electron chi connectivity index (χ0n) is 8.50. The molecule has 0 spiro atoms. The predicted molar refractivity (Wildman–Crippen MR) is 58.8 cm³/mol. The summed E-state index contributed by atoms with van der Waals surface area (Å²) in [6, 6.07) is 8.95. The van der Waals surface area contributed by atoms with Crippen LogP contribution in [0.1, 0.15) is 5.56 Å². The zero-order chi connectivity index (χ0) is 11.4. The van der Waals surface area contributed by atoms with Crippen LogP contribution in [0.4, 0.5) is 0 Å². The zero-order valence-corrected chi connectivity index (χ0v) is 8.50. The molecule has 1 N–H and O–H groups in total. The minimum Gasteiger partial charge on any atom is -0.481 e. The first-order valence-corrected chi connectivity index (χ1v) is 4.84. The summed E-state index contributed by atoms with van der Waals surface area (Å²) < 4.78 is 0. The molecule has 0 aliphatic carbocycles. The van der Waals surface area contributed by atoms with Gasteiger partial charge in [0.15, 0.2) is 0 Å². The van der Waals surface area contributed by atoms with Gasteiger partial charge in [-0.25, -0.2) is 0 Å². The normalized spacial score (nSPS) is 10.0. The molecule has 0 saturated heterocycles. The maximum atomic E-state index is 10.7. The molecule has 0 unspecified atom stereocenters. The molecule has 2 heterocycles. The Kier molecular flexibility index (Phi) is 2.91. The Morgan fingerprint density at radius 1 is 1.12 bits per heavy atom. The smallest absolute Gasteiger partial charge is 0.307 e. The van der Waals surface area contributed by atoms with Crippen molar-refractivity contribution in [2.45, 2.75) is 6.42 Å². The van der Waals surface area contributed by atoms with Gasteiger partial charge in [0.05, 0.1) is 17.8 Å². The van der Waals surface area contributed by atoms with Crippen molar-refractivity contribution in [2.75, 3.05) is 0 Å². The lowest BCUT2D eigenvalue weighted by atomic mass is 10.1. The van der Waals surface area contributed by atoms with Gasteiger partial charge in [0.25, 0.3) is 0 Å². The SMILES string of the molecule is O=C(O)Cc1cccnc1-c1ccccn1. The molecule has 0 radical (unpaired) electrons. The van der Waals surface area contributed by atoms with Gasteiger partial charge in [-0.15, -0.1) is 0 Å². The summed E-state index contributed by atoms with van der Waals surface area (Å²) in [7, 11) is 0. The van der Waals surface area contributed by atoms with Crippen LogP contribution in [0.5, 0.6) is 0 Å². The fraction of sp³-hybridized carbons (Fsp3) is 0.0833. The van der Waals surface area contributed by atoms with E-state index in [9.17, 15) is 4.79 Å². The third kappa shape index (κ3) is 2.23. The van der Waals surface area contributed by atoms with Crippen LogP contribution in [0.2, 0.25) is 0 Å². The molecule has 2 aromatic rings. The van der Waals surface area contributed by atoms with Gasteiger partial charge in [-0.2, -0.15) is 0 Å². The molecule has 80 valence electrons. The van der Waals surface area contributed by atoms with E-state index in [0.29, 0.717) is 17.0 Å². The van der Waals surface area contributed by atoms with Gasteiger partial charge in [-0.05, 0) is 23.8 Å². The van der Waals surface area contributed by atoms with Crippen molar-refractivity contribution < 1.29 is 9.90 Å². The molecule has 0 aliphatic heterocycles. The van der Waals surface area contributed by atoms with Gasteiger partial charge in [-0.3, -0.25) is 14.8 Å². The Bertz CT molecular complexity index is 497. The average molecular weight is 214 g/mol. The van der Waals surface area contributed by atoms with Crippen molar-refractivity contribution in [3.63, 3.8) is 0 Å². The Balaban J connectivity index is 2.44. The Morgan fingerprint density at radius 3 is 2.62 bits per heavy atom. The fourth-order valence-electron chi connectivity index (χ4n) is 1.48. The number of carboxylic acids is 1. The average Bonchev–Trinajstić information content (AvgIpc) is 2.30. The molecule has 0 aromatic carbocycles. The highest BCUT2D eigenvalue weighted by molar-refractivity contribution is 5.73. The lowest BCUT2D eigenvalue weighted by molar-refractivity contribution is -0.136. The molecule has 0 atom stereocenters. The van der Waals surface area contributed by atoms with Crippen molar-refractivity contribution in [3.8, 4) is 11.4 Å². The fourth-order valence-corrected chi connectivity index (χ4v) is 1.48. The highest BCUT2D eigenvalue weighted by Crippen LogP contribution is 2.18. The summed E-state index contributed by atoms with van der Waals surface area (Å²) in [6.07, 6.45) is 3.25. The van der Waals surface area contributed by atoms with E-state index in [1.165, 1.54) is 0 Å². The third-order valence-electron chi connectivity index (χ3n) is 2.14. The standard InChI is InChI=1S/C12H10N2O2/c15-11(16)8-9-4-3-7-14-12(9)10-5-1-2-6-13-10/h1-7H,8H2,(H,15,16). The molecule has 0 aliphatic rings. The number of nitrogens with zero attached hydrogens (tertiary/aromatic N) is 2. The quantitative estimate of drug-likeness (QED) is 0.845. The second-order valence-corrected chi connectivity index (χ2v) is 3.30. The Hall–Kier alpha value is -2.23. The lowest BCUT2D eigenvalue weighted by Gasteiger charge is -2.04. The number of hydrogen-bond acceptors (Lipinski definition) is 3. The first-order valence-electron chi connectivity index (χ1n) is 4.84. The maximum absolute atomic E-state index is 10.7. The van der Waals surface area contributed by atoms with E-state index in [0.717, 1.165) is 0 Å². The summed E-state index contributed by atoms with van der Waals surface area (Å²) >= 11 is 0. The van der Waals surface area contributed by atoms with Crippen LogP contribution < -0.4 is 0 Å². The molecular weight excluding hydrogens is 204 g/mol. The minimum absolute atomic E-state index is 0.0419. The van der Waals surface area contributed by atoms with Gasteiger partial charge in [0.2, 0.25) is 0 Å². The van der Waals surface area contributed by atoms with E-state index >= 15 is 0 Å². The molecule has 0 amide bonds. The predicted octanol–water partition coefficient (Wildman–Crippen LogP) is 1.77. The summed E-state index contributed by atoms with van der Waals surface area (Å²) in [5.74, 6) is -0.870. The van der Waals surface area contributed by atoms with Crippen LogP contribution in [0.25, 0.3) is 11.4 Å². The van der Waals surface area contributed by atoms with Crippen LogP contribution in [0.3, 0.4) is 0 Å². The first-order chi connectivity index (χ1) is 7.77. The van der Waals surface area contributed by atoms with Crippen molar-refractivity contribution in [2.24, 2.45) is 0 Å². The van der Waals surface area contributed by atoms with Gasteiger partial charge in [0, 0.05) is 12.4 Å². The topological polar surface area (TPSA) is 63.1 Å². The first kappa shape index (κ1) is 10.3. The molecule has 2 rings (SSSR count). The summed E-state index contributed by atoms with van der Waals surface area (Å²) in [4.78, 5) is 19.0. The molecule has 2 aromatic heterocycles. The minimum atomic E-state index is -0.870. The largest absolute Gasteiger partial charge is 0.481 e. The summed E-state index contributed by atoms with van der Waals surface area (Å²) in [5.41, 5.74) is 2.00. The lowest BCUT2D eigenvalue weighted by Crippen LogP contribution is -2.03. The summed E-state index contributed by atoms with van der Waals surface area (Å²) in [6.45, 7) is 0. The molecule has 0 fully saturated rings. The van der Waals surface area contributed by atoms with E-state index in [1.54, 1.807) is 24.5 Å². The van der Waals surface area contributed by atoms with Crippen LogP contribution in [0, 0.1) is 0 Å². The second-order valence-electron chi connectivity index (χ2n) is 3.30. The number of hydrogen-bond donors (Lipinski definition) is 1. The Morgan fingerprint density at radius 2 is 1.94 bits per heavy atom.